The molecule has 0 aliphatic rings. The summed E-state index contributed by atoms with van der Waals surface area (Å²) in [7, 11) is 1.42. The molecule has 0 aliphatic carbocycles. The van der Waals surface area contributed by atoms with E-state index in [4.69, 9.17) is 4.74 Å². The summed E-state index contributed by atoms with van der Waals surface area (Å²) in [4.78, 5) is 11.2. The van der Waals surface area contributed by atoms with Gasteiger partial charge in [-0.1, -0.05) is 24.6 Å². The van der Waals surface area contributed by atoms with Crippen molar-refractivity contribution >= 4 is 5.97 Å². The zero-order valence-electron chi connectivity index (χ0n) is 11.7. The number of carbonyl (C=O) groups excluding carboxylic acids is 1. The molecule has 0 unspecified atom stereocenters. The van der Waals surface area contributed by atoms with Crippen LogP contribution >= 0.6 is 0 Å². The van der Waals surface area contributed by atoms with Gasteiger partial charge in [-0.25, -0.2) is 0 Å². The Morgan fingerprint density at radius 2 is 2.00 bits per heavy atom. The zero-order chi connectivity index (χ0) is 13.5. The summed E-state index contributed by atoms with van der Waals surface area (Å²) in [5.41, 5.74) is 3.41. The van der Waals surface area contributed by atoms with Gasteiger partial charge in [0.2, 0.25) is 0 Å². The van der Waals surface area contributed by atoms with Crippen LogP contribution in [0.3, 0.4) is 0 Å². The lowest BCUT2D eigenvalue weighted by atomic mass is 10.0. The van der Waals surface area contributed by atoms with E-state index in [1.54, 1.807) is 0 Å². The van der Waals surface area contributed by atoms with E-state index in [0.29, 0.717) is 19.4 Å². The van der Waals surface area contributed by atoms with Gasteiger partial charge in [-0.05, 0) is 37.8 Å². The lowest BCUT2D eigenvalue weighted by molar-refractivity contribution is -0.140. The van der Waals surface area contributed by atoms with Crippen LogP contribution in [0.5, 0.6) is 5.75 Å². The molecule has 0 saturated carbocycles. The average molecular weight is 250 g/mol. The fraction of sp³-hybridized carbons (Fsp3) is 0.533. The summed E-state index contributed by atoms with van der Waals surface area (Å²) in [6.07, 6.45) is 2.03. The van der Waals surface area contributed by atoms with E-state index in [2.05, 4.69) is 30.7 Å². The van der Waals surface area contributed by atoms with Gasteiger partial charge in [-0.15, -0.1) is 0 Å². The molecule has 0 radical (unpaired) electrons. The maximum atomic E-state index is 11.2. The summed E-state index contributed by atoms with van der Waals surface area (Å²) >= 11 is 0. The van der Waals surface area contributed by atoms with Crippen molar-refractivity contribution in [3.63, 3.8) is 0 Å². The van der Waals surface area contributed by atoms with E-state index in [1.807, 2.05) is 6.92 Å². The van der Waals surface area contributed by atoms with Gasteiger partial charge >= 0.3 is 5.97 Å². The van der Waals surface area contributed by atoms with Crippen LogP contribution in [0.25, 0.3) is 0 Å². The maximum absolute atomic E-state index is 11.2. The van der Waals surface area contributed by atoms with Crippen molar-refractivity contribution in [2.75, 3.05) is 13.7 Å². The Balaban J connectivity index is 2.88. The number of methoxy groups -OCH3 is 1. The van der Waals surface area contributed by atoms with E-state index in [0.717, 1.165) is 23.3 Å². The first-order chi connectivity index (χ1) is 8.58. The fourth-order valence-electron chi connectivity index (χ4n) is 1.98. The molecular weight excluding hydrogens is 228 g/mol. The van der Waals surface area contributed by atoms with Gasteiger partial charge in [0.15, 0.2) is 0 Å². The quantitative estimate of drug-likeness (QED) is 0.727. The second kappa shape index (κ2) is 7.04. The smallest absolute Gasteiger partial charge is 0.305 e. The van der Waals surface area contributed by atoms with Crippen LogP contribution < -0.4 is 4.74 Å². The third-order valence-corrected chi connectivity index (χ3v) is 2.77. The van der Waals surface area contributed by atoms with Crippen molar-refractivity contribution in [1.29, 1.82) is 0 Å². The Hall–Kier alpha value is -1.51. The SMILES string of the molecule is CCCOc1c(C)cc(C)cc1CCC(=O)OC. The molecule has 0 N–H and O–H groups in total. The van der Waals surface area contributed by atoms with Crippen LogP contribution in [-0.2, 0) is 16.0 Å². The highest BCUT2D eigenvalue weighted by Gasteiger charge is 2.10. The maximum Gasteiger partial charge on any atom is 0.305 e. The standard InChI is InChI=1S/C15H22O3/c1-5-8-18-15-12(3)9-11(2)10-13(15)6-7-14(16)17-4/h9-10H,5-8H2,1-4H3. The molecule has 100 valence electrons. The summed E-state index contributed by atoms with van der Waals surface area (Å²) in [5, 5.41) is 0. The van der Waals surface area contributed by atoms with Crippen LogP contribution in [0.15, 0.2) is 12.1 Å². The molecule has 0 aromatic heterocycles. The van der Waals surface area contributed by atoms with Gasteiger partial charge in [0.05, 0.1) is 13.7 Å². The molecule has 3 heteroatoms. The zero-order valence-corrected chi connectivity index (χ0v) is 11.7. The molecular formula is C15H22O3. The molecule has 1 rings (SSSR count). The highest BCUT2D eigenvalue weighted by atomic mass is 16.5. The van der Waals surface area contributed by atoms with Crippen LogP contribution in [0.4, 0.5) is 0 Å². The predicted molar refractivity (Wildman–Crippen MR) is 72.0 cm³/mol. The van der Waals surface area contributed by atoms with Crippen molar-refractivity contribution in [3.05, 3.63) is 28.8 Å². The minimum Gasteiger partial charge on any atom is -0.493 e. The Morgan fingerprint density at radius 3 is 2.61 bits per heavy atom. The third-order valence-electron chi connectivity index (χ3n) is 2.77. The van der Waals surface area contributed by atoms with Gasteiger partial charge in [-0.2, -0.15) is 0 Å². The highest BCUT2D eigenvalue weighted by Crippen LogP contribution is 2.26. The monoisotopic (exact) mass is 250 g/mol. The van der Waals surface area contributed by atoms with E-state index in [-0.39, 0.29) is 5.97 Å². The molecule has 0 spiro atoms. The number of hydrogen-bond acceptors (Lipinski definition) is 3. The molecule has 0 aliphatic heterocycles. The lowest BCUT2D eigenvalue weighted by Crippen LogP contribution is -2.06. The van der Waals surface area contributed by atoms with Gasteiger partial charge in [-0.3, -0.25) is 4.79 Å². The molecule has 0 atom stereocenters. The number of carbonyl (C=O) groups is 1. The Morgan fingerprint density at radius 1 is 1.28 bits per heavy atom. The molecule has 0 fully saturated rings. The summed E-state index contributed by atoms with van der Waals surface area (Å²) < 4.78 is 10.5. The van der Waals surface area contributed by atoms with Crippen molar-refractivity contribution in [2.45, 2.75) is 40.0 Å². The van der Waals surface area contributed by atoms with E-state index in [9.17, 15) is 4.79 Å². The number of esters is 1. The molecule has 18 heavy (non-hydrogen) atoms. The number of hydrogen-bond donors (Lipinski definition) is 0. The second-order valence-corrected chi connectivity index (χ2v) is 4.49. The van der Waals surface area contributed by atoms with Crippen LogP contribution in [0, 0.1) is 13.8 Å². The molecule has 3 nitrogen and oxygen atoms in total. The molecule has 1 aromatic carbocycles. The van der Waals surface area contributed by atoms with Gasteiger partial charge < -0.3 is 9.47 Å². The first-order valence-electron chi connectivity index (χ1n) is 6.38. The van der Waals surface area contributed by atoms with Crippen molar-refractivity contribution in [3.8, 4) is 5.75 Å². The molecule has 1 aromatic rings. The highest BCUT2D eigenvalue weighted by molar-refractivity contribution is 5.69. The lowest BCUT2D eigenvalue weighted by Gasteiger charge is -2.14. The Labute approximate surface area is 109 Å². The molecule has 0 saturated heterocycles. The first-order valence-corrected chi connectivity index (χ1v) is 6.38. The third kappa shape index (κ3) is 4.06. The summed E-state index contributed by atoms with van der Waals surface area (Å²) in [5.74, 6) is 0.738. The van der Waals surface area contributed by atoms with Crippen LogP contribution in [0.2, 0.25) is 0 Å². The Kier molecular flexibility index (Phi) is 5.69. The van der Waals surface area contributed by atoms with Crippen LogP contribution in [0.1, 0.15) is 36.5 Å². The minimum atomic E-state index is -0.185. The largest absolute Gasteiger partial charge is 0.493 e. The average Bonchev–Trinajstić information content (AvgIpc) is 2.34. The second-order valence-electron chi connectivity index (χ2n) is 4.49. The fourth-order valence-corrected chi connectivity index (χ4v) is 1.98. The van der Waals surface area contributed by atoms with Crippen molar-refractivity contribution in [1.82, 2.24) is 0 Å². The summed E-state index contributed by atoms with van der Waals surface area (Å²) in [6, 6.07) is 4.19. The van der Waals surface area contributed by atoms with Crippen molar-refractivity contribution in [2.24, 2.45) is 0 Å². The van der Waals surface area contributed by atoms with Gasteiger partial charge in [0.1, 0.15) is 5.75 Å². The molecule has 0 bridgehead atoms. The van der Waals surface area contributed by atoms with E-state index >= 15 is 0 Å². The van der Waals surface area contributed by atoms with E-state index < -0.39 is 0 Å². The van der Waals surface area contributed by atoms with Crippen molar-refractivity contribution < 1.29 is 14.3 Å². The molecule has 0 heterocycles. The normalized spacial score (nSPS) is 10.2. The van der Waals surface area contributed by atoms with Gasteiger partial charge in [0, 0.05) is 6.42 Å². The number of ether oxygens (including phenoxy) is 2. The van der Waals surface area contributed by atoms with Gasteiger partial charge in [0.25, 0.3) is 0 Å². The topological polar surface area (TPSA) is 35.5 Å². The van der Waals surface area contributed by atoms with E-state index in [1.165, 1.54) is 12.7 Å². The first kappa shape index (κ1) is 14.6. The molecule has 0 amide bonds. The van der Waals surface area contributed by atoms with Crippen LogP contribution in [-0.4, -0.2) is 19.7 Å². The number of rotatable bonds is 6. The summed E-state index contributed by atoms with van der Waals surface area (Å²) in [6.45, 7) is 6.88. The number of aryl methyl sites for hydroxylation is 3. The number of benzene rings is 1. The Bertz CT molecular complexity index is 410. The minimum absolute atomic E-state index is 0.185. The predicted octanol–water partition coefficient (Wildman–Crippen LogP) is 3.20.